The molecule has 5 heteroatoms. The number of aromatic nitrogens is 3. The topological polar surface area (TPSA) is 14.8 Å². The van der Waals surface area contributed by atoms with E-state index in [-0.39, 0.29) is 10.8 Å². The van der Waals surface area contributed by atoms with Crippen molar-refractivity contribution in [2.75, 3.05) is 0 Å². The van der Waals surface area contributed by atoms with Gasteiger partial charge in [-0.25, -0.2) is 0 Å². The monoisotopic (exact) mass is 1400 g/mol. The second-order valence-electron chi connectivity index (χ2n) is 30.2. The van der Waals surface area contributed by atoms with Crippen LogP contribution in [0.5, 0.6) is 0 Å². The van der Waals surface area contributed by atoms with E-state index in [4.69, 9.17) is 0 Å². The van der Waals surface area contributed by atoms with Crippen LogP contribution >= 0.6 is 22.7 Å². The summed E-state index contributed by atoms with van der Waals surface area (Å²) in [6, 6.07) is 128. The van der Waals surface area contributed by atoms with E-state index in [2.05, 4.69) is 387 Å². The van der Waals surface area contributed by atoms with Crippen molar-refractivity contribution < 1.29 is 0 Å². The lowest BCUT2D eigenvalue weighted by Gasteiger charge is -2.21. The minimum absolute atomic E-state index is 0.0610. The molecule has 2 aliphatic rings. The van der Waals surface area contributed by atoms with Crippen LogP contribution in [0.2, 0.25) is 0 Å². The molecule has 0 unspecified atom stereocenters. The van der Waals surface area contributed by atoms with Crippen LogP contribution in [0.4, 0.5) is 0 Å². The fraction of sp³-hybridized carbons (Fsp3) is 0.0588. The maximum absolute atomic E-state index is 2.50. The van der Waals surface area contributed by atoms with Crippen molar-refractivity contribution in [1.82, 2.24) is 13.7 Å². The Morgan fingerprint density at radius 1 is 0.196 bits per heavy atom. The van der Waals surface area contributed by atoms with Crippen molar-refractivity contribution >= 4 is 128 Å². The molecule has 2 aliphatic carbocycles. The van der Waals surface area contributed by atoms with Crippen LogP contribution in [0.25, 0.3) is 190 Å². The van der Waals surface area contributed by atoms with E-state index < -0.39 is 0 Å². The summed E-state index contributed by atoms with van der Waals surface area (Å²) in [6.45, 7) is 9.48. The highest BCUT2D eigenvalue weighted by atomic mass is 32.1. The Kier molecular flexibility index (Phi) is 13.5. The van der Waals surface area contributed by atoms with Crippen LogP contribution in [0, 0.1) is 0 Å². The molecule has 0 saturated heterocycles. The molecule has 0 radical (unpaired) electrons. The van der Waals surface area contributed by atoms with Crippen molar-refractivity contribution in [3.63, 3.8) is 0 Å². The van der Waals surface area contributed by atoms with Gasteiger partial charge in [-0.1, -0.05) is 264 Å². The summed E-state index contributed by atoms with van der Waals surface area (Å²) >= 11 is 3.79. The fourth-order valence-electron chi connectivity index (χ4n) is 18.5. The van der Waals surface area contributed by atoms with Gasteiger partial charge >= 0.3 is 0 Å². The lowest BCUT2D eigenvalue weighted by atomic mass is 9.82. The molecular formula is C102H69N3S2. The molecule has 0 amide bonds. The lowest BCUT2D eigenvalue weighted by Crippen LogP contribution is -2.14. The molecule has 0 aliphatic heterocycles. The number of fused-ring (bicyclic) bond motifs is 21. The van der Waals surface area contributed by atoms with Crippen molar-refractivity contribution in [2.45, 2.75) is 38.5 Å². The summed E-state index contributed by atoms with van der Waals surface area (Å²) in [5, 5.41) is 13.0. The standard InChI is InChI=1S/C51H36N2.C51H33NS2/c1-51(2)45-20-9-6-17-39(45)42-31-44-41-19-8-11-22-48(41)53(50(44)32-46(42)51)38-16-12-13-35(29-38)33-23-25-34(26-24-33)36-27-28-49-43(30-36)40-18-7-10-21-47(40)52(49)37-14-4-3-5-15-37;1-51(2)43-18-6-3-11-35(43)40-28-42-41-27-31(34-15-10-17-39-37-13-5-8-20-48(37)54-50(34)39)23-26-45(41)52(46(42)29-44(40)51)32-24-21-30(22-25-32)33-14-9-16-38-36-12-4-7-19-47(36)53-49(33)38/h3-32H,1-2H3;3-29H,1-2H3. The second kappa shape index (κ2) is 23.4. The van der Waals surface area contributed by atoms with Gasteiger partial charge in [-0.3, -0.25) is 0 Å². The van der Waals surface area contributed by atoms with Crippen LogP contribution in [-0.4, -0.2) is 13.7 Å². The number of para-hydroxylation sites is 3. The van der Waals surface area contributed by atoms with Crippen molar-refractivity contribution in [2.24, 2.45) is 0 Å². The van der Waals surface area contributed by atoms with Crippen LogP contribution in [0.1, 0.15) is 49.9 Å². The summed E-state index contributed by atoms with van der Waals surface area (Å²) in [5.41, 5.74) is 31.7. The number of hydrogen-bond acceptors (Lipinski definition) is 2. The number of benzene rings is 16. The third-order valence-corrected chi connectivity index (χ3v) is 26.2. The molecule has 0 bridgehead atoms. The highest BCUT2D eigenvalue weighted by Crippen LogP contribution is 2.54. The number of rotatable bonds is 7. The molecule has 5 aromatic heterocycles. The molecule has 107 heavy (non-hydrogen) atoms. The number of nitrogens with zero attached hydrogens (tertiary/aromatic N) is 3. The zero-order valence-electron chi connectivity index (χ0n) is 59.6. The third-order valence-electron chi connectivity index (χ3n) is 23.7. The average Bonchev–Trinajstić information content (AvgIpc) is 1.55. The minimum atomic E-state index is -0.0871. The fourth-order valence-corrected chi connectivity index (χ4v) is 21.0. The van der Waals surface area contributed by atoms with Gasteiger partial charge < -0.3 is 13.7 Å². The first-order chi connectivity index (χ1) is 52.6. The summed E-state index contributed by atoms with van der Waals surface area (Å²) in [4.78, 5) is 0. The maximum Gasteiger partial charge on any atom is 0.0544 e. The van der Waals surface area contributed by atoms with E-state index in [9.17, 15) is 0 Å². The molecule has 16 aromatic carbocycles. The molecule has 0 fully saturated rings. The molecule has 0 atom stereocenters. The van der Waals surface area contributed by atoms with Gasteiger partial charge in [0.1, 0.15) is 0 Å². The Morgan fingerprint density at radius 3 is 1.14 bits per heavy atom. The summed E-state index contributed by atoms with van der Waals surface area (Å²) in [5.74, 6) is 0. The van der Waals surface area contributed by atoms with Crippen LogP contribution in [0.3, 0.4) is 0 Å². The van der Waals surface area contributed by atoms with Gasteiger partial charge in [0.15, 0.2) is 0 Å². The Labute approximate surface area is 628 Å². The quantitative estimate of drug-likeness (QED) is 0.151. The van der Waals surface area contributed by atoms with Crippen LogP contribution < -0.4 is 0 Å². The Bertz CT molecular complexity index is 7290. The van der Waals surface area contributed by atoms with Gasteiger partial charge in [0.2, 0.25) is 0 Å². The molecule has 0 spiro atoms. The summed E-state index contributed by atoms with van der Waals surface area (Å²) in [6.07, 6.45) is 0. The number of thiophene rings is 2. The van der Waals surface area contributed by atoms with E-state index >= 15 is 0 Å². The molecule has 3 nitrogen and oxygen atoms in total. The lowest BCUT2D eigenvalue weighted by molar-refractivity contribution is 0.661. The Morgan fingerprint density at radius 2 is 0.561 bits per heavy atom. The largest absolute Gasteiger partial charge is 0.309 e. The second-order valence-corrected chi connectivity index (χ2v) is 32.4. The normalized spacial score (nSPS) is 13.4. The van der Waals surface area contributed by atoms with Gasteiger partial charge in [0.05, 0.1) is 33.1 Å². The first-order valence-electron chi connectivity index (χ1n) is 37.2. The van der Waals surface area contributed by atoms with E-state index in [1.165, 1.54) is 212 Å². The molecule has 21 aromatic rings. The zero-order chi connectivity index (χ0) is 71.0. The minimum Gasteiger partial charge on any atom is -0.309 e. The molecular weight excluding hydrogens is 1330 g/mol. The van der Waals surface area contributed by atoms with Crippen molar-refractivity contribution in [3.8, 4) is 83.8 Å². The van der Waals surface area contributed by atoms with Crippen LogP contribution in [-0.2, 0) is 10.8 Å². The van der Waals surface area contributed by atoms with E-state index in [1.807, 2.05) is 22.7 Å². The Balaban J connectivity index is 0.000000133. The van der Waals surface area contributed by atoms with E-state index in [0.717, 1.165) is 0 Å². The highest BCUT2D eigenvalue weighted by molar-refractivity contribution is 7.26. The summed E-state index contributed by atoms with van der Waals surface area (Å²) < 4.78 is 12.7. The molecule has 23 rings (SSSR count). The molecule has 0 N–H and O–H groups in total. The summed E-state index contributed by atoms with van der Waals surface area (Å²) in [7, 11) is 0. The smallest absolute Gasteiger partial charge is 0.0544 e. The third kappa shape index (κ3) is 9.31. The highest BCUT2D eigenvalue weighted by Gasteiger charge is 2.38. The van der Waals surface area contributed by atoms with Gasteiger partial charge in [-0.05, 0) is 198 Å². The first-order valence-corrected chi connectivity index (χ1v) is 38.8. The van der Waals surface area contributed by atoms with Gasteiger partial charge in [-0.2, -0.15) is 0 Å². The Hall–Kier alpha value is -12.6. The van der Waals surface area contributed by atoms with E-state index in [1.54, 1.807) is 0 Å². The van der Waals surface area contributed by atoms with Gasteiger partial charge in [0, 0.05) is 101 Å². The predicted molar refractivity (Wildman–Crippen MR) is 459 cm³/mol. The van der Waals surface area contributed by atoms with Gasteiger partial charge in [0.25, 0.3) is 0 Å². The van der Waals surface area contributed by atoms with Gasteiger partial charge in [-0.15, -0.1) is 22.7 Å². The first kappa shape index (κ1) is 61.8. The zero-order valence-corrected chi connectivity index (χ0v) is 61.2. The SMILES string of the molecule is CC1(C)c2ccccc2-c2cc3c4cc(-c5cccc6c5sc5ccccc56)ccc4n(-c4ccc(-c5cccc6c5sc5ccccc56)cc4)c3cc21.CC1(C)c2ccccc2-c2cc3c4ccccc4n(-c4cccc(-c5ccc(-c6ccc7c(c6)c6ccccc6n7-c6ccccc6)cc5)c4)c3cc21. The average molecular weight is 1400 g/mol. The van der Waals surface area contributed by atoms with Crippen molar-refractivity contribution in [3.05, 3.63) is 368 Å². The molecule has 5 heterocycles. The molecule has 504 valence electrons. The van der Waals surface area contributed by atoms with Crippen LogP contribution in [0.15, 0.2) is 346 Å². The predicted octanol–water partition coefficient (Wildman–Crippen LogP) is 28.7. The van der Waals surface area contributed by atoms with Crippen molar-refractivity contribution in [1.29, 1.82) is 0 Å². The maximum atomic E-state index is 2.50. The van der Waals surface area contributed by atoms with E-state index in [0.29, 0.717) is 0 Å². The molecule has 0 saturated carbocycles. The number of hydrogen-bond donors (Lipinski definition) is 0.